The molecule has 0 radical (unpaired) electrons. The molecule has 1 N–H and O–H groups in total. The molecule has 2 amide bonds. The van der Waals surface area contributed by atoms with Crippen molar-refractivity contribution in [1.29, 1.82) is 0 Å². The van der Waals surface area contributed by atoms with E-state index in [2.05, 4.69) is 5.32 Å². The highest BCUT2D eigenvalue weighted by Crippen LogP contribution is 2.23. The lowest BCUT2D eigenvalue weighted by atomic mass is 10.0. The summed E-state index contributed by atoms with van der Waals surface area (Å²) in [7, 11) is -3.83. The zero-order valence-electron chi connectivity index (χ0n) is 23.4. The highest BCUT2D eigenvalue weighted by molar-refractivity contribution is 7.92. The average Bonchev–Trinajstić information content (AvgIpc) is 2.94. The monoisotopic (exact) mass is 585 g/mol. The van der Waals surface area contributed by atoms with E-state index in [1.165, 1.54) is 41.3 Å². The predicted molar refractivity (Wildman–Crippen MR) is 157 cm³/mol. The molecule has 0 saturated carbocycles. The van der Waals surface area contributed by atoms with Gasteiger partial charge in [0.15, 0.2) is 0 Å². The second-order valence-corrected chi connectivity index (χ2v) is 11.8. The highest BCUT2D eigenvalue weighted by atomic mass is 32.2. The summed E-state index contributed by atoms with van der Waals surface area (Å²) in [5.41, 5.74) is 1.41. The van der Waals surface area contributed by atoms with E-state index in [-0.39, 0.29) is 49.9 Å². The van der Waals surface area contributed by atoms with Crippen molar-refractivity contribution in [1.82, 2.24) is 10.2 Å². The fourth-order valence-corrected chi connectivity index (χ4v) is 5.45. The molecule has 0 fully saturated rings. The third kappa shape index (κ3) is 9.67. The third-order valence-electron chi connectivity index (χ3n) is 6.64. The van der Waals surface area contributed by atoms with Crippen LogP contribution in [0.15, 0.2) is 78.9 Å². The first kappa shape index (κ1) is 31.7. The standard InChI is InChI=1S/C31H37F2N3O4S/c1-3-4-20-34-31(38)29(22-24-11-6-5-7-12-24)35(23-25-16-18-26(32)19-17-25)30(37)15-10-21-36(41(2,39)40)28-14-9-8-13-27(28)33/h5-9,11-14,16-19,29H,3-4,10,15,20-23H2,1-2H3,(H,34,38)/t29-/m1/s1. The van der Waals surface area contributed by atoms with Gasteiger partial charge in [-0.15, -0.1) is 0 Å². The van der Waals surface area contributed by atoms with Gasteiger partial charge in [-0.2, -0.15) is 0 Å². The van der Waals surface area contributed by atoms with Crippen LogP contribution in [0.5, 0.6) is 0 Å². The molecule has 10 heteroatoms. The number of nitrogens with one attached hydrogen (secondary N) is 1. The molecule has 41 heavy (non-hydrogen) atoms. The number of nitrogens with zero attached hydrogens (tertiary/aromatic N) is 2. The number of amides is 2. The zero-order valence-corrected chi connectivity index (χ0v) is 24.2. The van der Waals surface area contributed by atoms with E-state index in [0.717, 1.165) is 29.0 Å². The first-order valence-electron chi connectivity index (χ1n) is 13.7. The van der Waals surface area contributed by atoms with E-state index in [1.54, 1.807) is 12.1 Å². The molecule has 0 unspecified atom stereocenters. The quantitative estimate of drug-likeness (QED) is 0.253. The Labute approximate surface area is 241 Å². The SMILES string of the molecule is CCCCNC(=O)[C@@H](Cc1ccccc1)N(Cc1ccc(F)cc1)C(=O)CCCN(c1ccccc1F)S(C)(=O)=O. The molecule has 0 spiro atoms. The van der Waals surface area contributed by atoms with Crippen molar-refractivity contribution in [3.8, 4) is 0 Å². The molecule has 220 valence electrons. The summed E-state index contributed by atoms with van der Waals surface area (Å²) in [6, 6.07) is 19.8. The van der Waals surface area contributed by atoms with Gasteiger partial charge in [0.05, 0.1) is 11.9 Å². The van der Waals surface area contributed by atoms with Crippen molar-refractivity contribution in [2.45, 2.75) is 51.6 Å². The molecule has 3 aromatic rings. The number of halogens is 2. The molecule has 0 aromatic heterocycles. The first-order chi connectivity index (χ1) is 19.6. The first-order valence-corrected chi connectivity index (χ1v) is 15.5. The Bertz CT molecular complexity index is 1390. The Balaban J connectivity index is 1.87. The van der Waals surface area contributed by atoms with Crippen LogP contribution in [0, 0.1) is 11.6 Å². The van der Waals surface area contributed by atoms with Gasteiger partial charge in [-0.1, -0.05) is 67.9 Å². The molecular formula is C31H37F2N3O4S. The summed E-state index contributed by atoms with van der Waals surface area (Å²) < 4.78 is 53.9. The molecule has 3 rings (SSSR count). The maximum atomic E-state index is 14.4. The molecule has 0 heterocycles. The minimum absolute atomic E-state index is 0.0565. The van der Waals surface area contributed by atoms with Gasteiger partial charge in [0.25, 0.3) is 0 Å². The van der Waals surface area contributed by atoms with Gasteiger partial charge in [0.2, 0.25) is 21.8 Å². The topological polar surface area (TPSA) is 86.8 Å². The van der Waals surface area contributed by atoms with Crippen molar-refractivity contribution in [3.63, 3.8) is 0 Å². The van der Waals surface area contributed by atoms with Crippen molar-refractivity contribution in [2.24, 2.45) is 0 Å². The van der Waals surface area contributed by atoms with E-state index in [9.17, 15) is 26.8 Å². The van der Waals surface area contributed by atoms with Gasteiger partial charge in [0.1, 0.15) is 17.7 Å². The molecule has 7 nitrogen and oxygen atoms in total. The molecule has 0 aliphatic rings. The summed E-state index contributed by atoms with van der Waals surface area (Å²) in [6.45, 7) is 2.41. The highest BCUT2D eigenvalue weighted by Gasteiger charge is 2.30. The number of para-hydroxylation sites is 1. The van der Waals surface area contributed by atoms with Crippen LogP contribution in [0.25, 0.3) is 0 Å². The lowest BCUT2D eigenvalue weighted by Crippen LogP contribution is -2.50. The van der Waals surface area contributed by atoms with Crippen LogP contribution in [-0.4, -0.2) is 50.5 Å². The lowest BCUT2D eigenvalue weighted by molar-refractivity contribution is -0.141. The van der Waals surface area contributed by atoms with Crippen molar-refractivity contribution < 1.29 is 26.8 Å². The number of sulfonamides is 1. The minimum Gasteiger partial charge on any atom is -0.354 e. The largest absolute Gasteiger partial charge is 0.354 e. The Kier molecular flexibility index (Phi) is 11.8. The molecule has 3 aromatic carbocycles. The van der Waals surface area contributed by atoms with Gasteiger partial charge in [0, 0.05) is 32.5 Å². The number of rotatable bonds is 15. The Morgan fingerprint density at radius 3 is 2.17 bits per heavy atom. The lowest BCUT2D eigenvalue weighted by Gasteiger charge is -2.32. The zero-order chi connectivity index (χ0) is 29.8. The van der Waals surface area contributed by atoms with Crippen molar-refractivity contribution >= 4 is 27.5 Å². The number of benzene rings is 3. The smallest absolute Gasteiger partial charge is 0.243 e. The summed E-state index contributed by atoms with van der Waals surface area (Å²) in [5, 5.41) is 2.93. The van der Waals surface area contributed by atoms with E-state index in [1.807, 2.05) is 37.3 Å². The van der Waals surface area contributed by atoms with Gasteiger partial charge >= 0.3 is 0 Å². The molecular weight excluding hydrogens is 548 g/mol. The maximum absolute atomic E-state index is 14.4. The normalized spacial score (nSPS) is 12.0. The van der Waals surface area contributed by atoms with Gasteiger partial charge in [-0.05, 0) is 48.2 Å². The Hall–Kier alpha value is -3.79. The van der Waals surface area contributed by atoms with E-state index in [0.29, 0.717) is 12.1 Å². The number of carbonyl (C=O) groups is 2. The maximum Gasteiger partial charge on any atom is 0.243 e. The Morgan fingerprint density at radius 2 is 1.54 bits per heavy atom. The molecule has 0 aliphatic heterocycles. The third-order valence-corrected chi connectivity index (χ3v) is 7.82. The molecule has 1 atom stereocenters. The summed E-state index contributed by atoms with van der Waals surface area (Å²) in [4.78, 5) is 28.7. The fraction of sp³-hybridized carbons (Fsp3) is 0.355. The average molecular weight is 586 g/mol. The van der Waals surface area contributed by atoms with E-state index < -0.39 is 27.7 Å². The van der Waals surface area contributed by atoms with Crippen LogP contribution in [-0.2, 0) is 32.6 Å². The fourth-order valence-electron chi connectivity index (χ4n) is 4.48. The Morgan fingerprint density at radius 1 is 0.878 bits per heavy atom. The van der Waals surface area contributed by atoms with Crippen LogP contribution >= 0.6 is 0 Å². The van der Waals surface area contributed by atoms with Crippen LogP contribution in [0.1, 0.15) is 43.7 Å². The van der Waals surface area contributed by atoms with Crippen LogP contribution in [0.4, 0.5) is 14.5 Å². The van der Waals surface area contributed by atoms with Gasteiger partial charge < -0.3 is 10.2 Å². The van der Waals surface area contributed by atoms with Gasteiger partial charge in [-0.3, -0.25) is 13.9 Å². The van der Waals surface area contributed by atoms with E-state index in [4.69, 9.17) is 0 Å². The number of carbonyl (C=O) groups excluding carboxylic acids is 2. The predicted octanol–water partition coefficient (Wildman–Crippen LogP) is 5.07. The second kappa shape index (κ2) is 15.3. The number of unbranched alkanes of at least 4 members (excludes halogenated alkanes) is 1. The van der Waals surface area contributed by atoms with Gasteiger partial charge in [-0.25, -0.2) is 17.2 Å². The number of hydrogen-bond donors (Lipinski definition) is 1. The molecule has 0 saturated heterocycles. The number of hydrogen-bond acceptors (Lipinski definition) is 4. The van der Waals surface area contributed by atoms with Crippen LogP contribution < -0.4 is 9.62 Å². The van der Waals surface area contributed by atoms with E-state index >= 15 is 0 Å². The van der Waals surface area contributed by atoms with Crippen LogP contribution in [0.2, 0.25) is 0 Å². The molecule has 0 bridgehead atoms. The van der Waals surface area contributed by atoms with Crippen LogP contribution in [0.3, 0.4) is 0 Å². The minimum atomic E-state index is -3.83. The van der Waals surface area contributed by atoms with Crippen molar-refractivity contribution in [2.75, 3.05) is 23.7 Å². The van der Waals surface area contributed by atoms with Crippen molar-refractivity contribution in [3.05, 3.63) is 102 Å². The number of anilines is 1. The second-order valence-electron chi connectivity index (χ2n) is 9.89. The molecule has 0 aliphatic carbocycles. The summed E-state index contributed by atoms with van der Waals surface area (Å²) in [6.07, 6.45) is 2.92. The summed E-state index contributed by atoms with van der Waals surface area (Å²) in [5.74, 6) is -1.78. The summed E-state index contributed by atoms with van der Waals surface area (Å²) >= 11 is 0.